The first-order valence-electron chi connectivity index (χ1n) is 4.61. The van der Waals surface area contributed by atoms with E-state index < -0.39 is 5.97 Å². The van der Waals surface area contributed by atoms with Crippen LogP contribution in [0.2, 0.25) is 0 Å². The number of nitrogens with one attached hydrogen (secondary N) is 1. The van der Waals surface area contributed by atoms with E-state index in [0.29, 0.717) is 18.7 Å². The van der Waals surface area contributed by atoms with Crippen molar-refractivity contribution in [3.63, 3.8) is 0 Å². The maximum Gasteiger partial charge on any atom is 0.354 e. The van der Waals surface area contributed by atoms with Gasteiger partial charge in [-0.2, -0.15) is 0 Å². The molecule has 86 valence electrons. The zero-order valence-corrected chi connectivity index (χ0v) is 8.77. The third-order valence-electron chi connectivity index (χ3n) is 1.84. The number of amides is 1. The topological polar surface area (TPSA) is 88.5 Å². The number of ether oxygens (including phenoxy) is 1. The molecule has 1 heterocycles. The van der Waals surface area contributed by atoms with Crippen molar-refractivity contribution in [1.82, 2.24) is 10.3 Å². The minimum atomic E-state index is -1.12. The molecule has 0 bridgehead atoms. The quantitative estimate of drug-likeness (QED) is 0.695. The highest BCUT2D eigenvalue weighted by atomic mass is 16.5. The Morgan fingerprint density at radius 2 is 2.25 bits per heavy atom. The molecule has 6 nitrogen and oxygen atoms in total. The van der Waals surface area contributed by atoms with Gasteiger partial charge in [0.15, 0.2) is 0 Å². The molecule has 1 rings (SSSR count). The largest absolute Gasteiger partial charge is 0.477 e. The van der Waals surface area contributed by atoms with Crippen LogP contribution in [0.5, 0.6) is 0 Å². The van der Waals surface area contributed by atoms with E-state index in [1.807, 2.05) is 0 Å². The summed E-state index contributed by atoms with van der Waals surface area (Å²) in [6.07, 6.45) is 1.23. The first-order chi connectivity index (χ1) is 7.65. The Labute approximate surface area is 92.3 Å². The summed E-state index contributed by atoms with van der Waals surface area (Å²) in [7, 11) is 1.54. The number of hydrogen-bond donors (Lipinski definition) is 2. The van der Waals surface area contributed by atoms with Crippen LogP contribution in [0.15, 0.2) is 18.3 Å². The Kier molecular flexibility index (Phi) is 4.41. The molecular formula is C10H12N2O4. The Bertz CT molecular complexity index is 375. The van der Waals surface area contributed by atoms with Crippen LogP contribution in [-0.4, -0.2) is 42.2 Å². The highest BCUT2D eigenvalue weighted by molar-refractivity contribution is 5.94. The average Bonchev–Trinajstić information content (AvgIpc) is 2.29. The van der Waals surface area contributed by atoms with E-state index in [9.17, 15) is 9.59 Å². The summed E-state index contributed by atoms with van der Waals surface area (Å²) in [4.78, 5) is 25.6. The van der Waals surface area contributed by atoms with E-state index in [2.05, 4.69) is 10.3 Å². The molecule has 16 heavy (non-hydrogen) atoms. The van der Waals surface area contributed by atoms with E-state index in [1.165, 1.54) is 25.4 Å². The van der Waals surface area contributed by atoms with Crippen molar-refractivity contribution >= 4 is 11.9 Å². The van der Waals surface area contributed by atoms with Gasteiger partial charge in [0.25, 0.3) is 5.91 Å². The predicted molar refractivity (Wildman–Crippen MR) is 55.4 cm³/mol. The number of carbonyl (C=O) groups is 2. The number of carboxylic acid groups (broad SMARTS) is 1. The van der Waals surface area contributed by atoms with Crippen LogP contribution in [-0.2, 0) is 4.74 Å². The van der Waals surface area contributed by atoms with E-state index in [-0.39, 0.29) is 11.6 Å². The highest BCUT2D eigenvalue weighted by Gasteiger charge is 2.08. The summed E-state index contributed by atoms with van der Waals surface area (Å²) in [6, 6.07) is 2.70. The van der Waals surface area contributed by atoms with Gasteiger partial charge < -0.3 is 15.2 Å². The second-order valence-corrected chi connectivity index (χ2v) is 2.99. The molecule has 0 unspecified atom stereocenters. The van der Waals surface area contributed by atoms with Gasteiger partial charge in [-0.05, 0) is 12.1 Å². The molecule has 0 aromatic carbocycles. The van der Waals surface area contributed by atoms with Crippen molar-refractivity contribution in [3.05, 3.63) is 29.6 Å². The second kappa shape index (κ2) is 5.82. The molecule has 0 saturated carbocycles. The van der Waals surface area contributed by atoms with Crippen LogP contribution in [0.3, 0.4) is 0 Å². The lowest BCUT2D eigenvalue weighted by Crippen LogP contribution is -2.27. The van der Waals surface area contributed by atoms with E-state index in [0.717, 1.165) is 0 Å². The van der Waals surface area contributed by atoms with Gasteiger partial charge in [-0.25, -0.2) is 9.78 Å². The lowest BCUT2D eigenvalue weighted by Gasteiger charge is -2.03. The molecule has 0 atom stereocenters. The summed E-state index contributed by atoms with van der Waals surface area (Å²) in [5.74, 6) is -1.42. The molecule has 1 amide bonds. The van der Waals surface area contributed by atoms with E-state index >= 15 is 0 Å². The fourth-order valence-corrected chi connectivity index (χ4v) is 1.02. The fourth-order valence-electron chi connectivity index (χ4n) is 1.02. The molecule has 2 N–H and O–H groups in total. The van der Waals surface area contributed by atoms with Crippen LogP contribution >= 0.6 is 0 Å². The third-order valence-corrected chi connectivity index (χ3v) is 1.84. The van der Waals surface area contributed by atoms with Crippen molar-refractivity contribution in [1.29, 1.82) is 0 Å². The minimum Gasteiger partial charge on any atom is -0.477 e. The second-order valence-electron chi connectivity index (χ2n) is 2.99. The maximum absolute atomic E-state index is 11.4. The summed E-state index contributed by atoms with van der Waals surface area (Å²) in [5, 5.41) is 11.2. The third kappa shape index (κ3) is 3.32. The summed E-state index contributed by atoms with van der Waals surface area (Å²) in [5.41, 5.74) is 0.231. The van der Waals surface area contributed by atoms with Crippen molar-refractivity contribution in [2.75, 3.05) is 20.3 Å². The smallest absolute Gasteiger partial charge is 0.354 e. The van der Waals surface area contributed by atoms with Crippen LogP contribution < -0.4 is 5.32 Å². The Morgan fingerprint density at radius 3 is 2.75 bits per heavy atom. The SMILES string of the molecule is COCCNC(=O)c1ccc(C(=O)O)nc1. The first kappa shape index (κ1) is 12.1. The lowest BCUT2D eigenvalue weighted by atomic mass is 10.2. The fraction of sp³-hybridized carbons (Fsp3) is 0.300. The first-order valence-corrected chi connectivity index (χ1v) is 4.61. The van der Waals surface area contributed by atoms with E-state index in [1.54, 1.807) is 0 Å². The van der Waals surface area contributed by atoms with Gasteiger partial charge in [0.1, 0.15) is 5.69 Å². The van der Waals surface area contributed by atoms with Gasteiger partial charge in [-0.1, -0.05) is 0 Å². The molecule has 0 fully saturated rings. The average molecular weight is 224 g/mol. The number of hydrogen-bond acceptors (Lipinski definition) is 4. The van der Waals surface area contributed by atoms with Gasteiger partial charge in [0.2, 0.25) is 0 Å². The number of methoxy groups -OCH3 is 1. The molecule has 0 aliphatic rings. The molecule has 0 spiro atoms. The zero-order valence-electron chi connectivity index (χ0n) is 8.77. The number of pyridine rings is 1. The van der Waals surface area contributed by atoms with Crippen LogP contribution in [0.1, 0.15) is 20.8 Å². The molecule has 0 aliphatic heterocycles. The normalized spacial score (nSPS) is 9.81. The van der Waals surface area contributed by atoms with Crippen molar-refractivity contribution in [2.45, 2.75) is 0 Å². The maximum atomic E-state index is 11.4. The van der Waals surface area contributed by atoms with Crippen LogP contribution in [0, 0.1) is 0 Å². The minimum absolute atomic E-state index is 0.0894. The lowest BCUT2D eigenvalue weighted by molar-refractivity contribution is 0.0689. The molecule has 0 aliphatic carbocycles. The van der Waals surface area contributed by atoms with Crippen molar-refractivity contribution in [3.8, 4) is 0 Å². The number of nitrogens with zero attached hydrogens (tertiary/aromatic N) is 1. The Hall–Kier alpha value is -1.95. The van der Waals surface area contributed by atoms with Crippen LogP contribution in [0.25, 0.3) is 0 Å². The van der Waals surface area contributed by atoms with Crippen molar-refractivity contribution in [2.24, 2.45) is 0 Å². The van der Waals surface area contributed by atoms with Crippen molar-refractivity contribution < 1.29 is 19.4 Å². The number of aromatic carboxylic acids is 1. The molecule has 6 heteroatoms. The van der Waals surface area contributed by atoms with Gasteiger partial charge in [0, 0.05) is 19.9 Å². The standard InChI is InChI=1S/C10H12N2O4/c1-16-5-4-11-9(13)7-2-3-8(10(14)15)12-6-7/h2-3,6H,4-5H2,1H3,(H,11,13)(H,14,15). The van der Waals surface area contributed by atoms with Crippen LogP contribution in [0.4, 0.5) is 0 Å². The van der Waals surface area contributed by atoms with Gasteiger partial charge in [-0.3, -0.25) is 4.79 Å². The molecular weight excluding hydrogens is 212 g/mol. The molecule has 0 radical (unpaired) electrons. The summed E-state index contributed by atoms with van der Waals surface area (Å²) in [6.45, 7) is 0.822. The van der Waals surface area contributed by atoms with Gasteiger partial charge in [-0.15, -0.1) is 0 Å². The predicted octanol–water partition coefficient (Wildman–Crippen LogP) is 0.156. The molecule has 1 aromatic heterocycles. The zero-order chi connectivity index (χ0) is 12.0. The molecule has 1 aromatic rings. The summed E-state index contributed by atoms with van der Waals surface area (Å²) < 4.78 is 4.77. The van der Waals surface area contributed by atoms with E-state index in [4.69, 9.17) is 9.84 Å². The number of carbonyl (C=O) groups excluding carboxylic acids is 1. The summed E-state index contributed by atoms with van der Waals surface area (Å²) >= 11 is 0. The Balaban J connectivity index is 2.59. The number of aromatic nitrogens is 1. The molecule has 0 saturated heterocycles. The highest BCUT2D eigenvalue weighted by Crippen LogP contribution is 2.00. The number of rotatable bonds is 5. The number of carboxylic acids is 1. The van der Waals surface area contributed by atoms with Gasteiger partial charge >= 0.3 is 5.97 Å². The van der Waals surface area contributed by atoms with Gasteiger partial charge in [0.05, 0.1) is 12.2 Å². The Morgan fingerprint density at radius 1 is 1.50 bits per heavy atom. The monoisotopic (exact) mass is 224 g/mol.